The summed E-state index contributed by atoms with van der Waals surface area (Å²) >= 11 is 0. The fourth-order valence-corrected chi connectivity index (χ4v) is 5.54. The van der Waals surface area contributed by atoms with Crippen LogP contribution in [0.1, 0.15) is 31.4 Å². The first-order chi connectivity index (χ1) is 16.2. The van der Waals surface area contributed by atoms with E-state index < -0.39 is 10.0 Å². The molecule has 9 heteroatoms. The van der Waals surface area contributed by atoms with E-state index in [1.54, 1.807) is 18.2 Å². The van der Waals surface area contributed by atoms with Gasteiger partial charge in [-0.3, -0.25) is 4.79 Å². The van der Waals surface area contributed by atoms with Crippen LogP contribution in [-0.4, -0.2) is 64.6 Å². The molecule has 8 nitrogen and oxygen atoms in total. The molecule has 1 aliphatic rings. The van der Waals surface area contributed by atoms with Crippen molar-refractivity contribution in [1.82, 2.24) is 4.31 Å². The van der Waals surface area contributed by atoms with Gasteiger partial charge >= 0.3 is 0 Å². The molecule has 34 heavy (non-hydrogen) atoms. The maximum Gasteiger partial charge on any atom is 0.243 e. The summed E-state index contributed by atoms with van der Waals surface area (Å²) in [5.41, 5.74) is 3.46. The number of hydrogen-bond acceptors (Lipinski definition) is 6. The van der Waals surface area contributed by atoms with Gasteiger partial charge in [0.05, 0.1) is 42.5 Å². The van der Waals surface area contributed by atoms with Crippen molar-refractivity contribution in [3.05, 3.63) is 47.5 Å². The summed E-state index contributed by atoms with van der Waals surface area (Å²) in [6.45, 7) is 11.1. The van der Waals surface area contributed by atoms with Crippen LogP contribution >= 0.6 is 0 Å². The quantitative estimate of drug-likeness (QED) is 0.549. The van der Waals surface area contributed by atoms with Crippen molar-refractivity contribution in [2.75, 3.05) is 56.2 Å². The van der Waals surface area contributed by atoms with E-state index in [2.05, 4.69) is 16.3 Å². The highest BCUT2D eigenvalue weighted by Crippen LogP contribution is 2.31. The summed E-state index contributed by atoms with van der Waals surface area (Å²) in [6.07, 6.45) is 0.141. The third-order valence-corrected chi connectivity index (χ3v) is 7.78. The summed E-state index contributed by atoms with van der Waals surface area (Å²) in [5, 5.41) is 2.92. The zero-order chi connectivity index (χ0) is 24.7. The average molecular weight is 490 g/mol. The fourth-order valence-electron chi connectivity index (χ4n) is 4.06. The van der Waals surface area contributed by atoms with Crippen LogP contribution in [0.3, 0.4) is 0 Å². The monoisotopic (exact) mass is 489 g/mol. The molecular weight excluding hydrogens is 454 g/mol. The van der Waals surface area contributed by atoms with Crippen LogP contribution in [0.4, 0.5) is 11.4 Å². The van der Waals surface area contributed by atoms with Gasteiger partial charge in [-0.25, -0.2) is 8.42 Å². The summed E-state index contributed by atoms with van der Waals surface area (Å²) < 4.78 is 38.7. The molecule has 0 unspecified atom stereocenters. The highest BCUT2D eigenvalue weighted by molar-refractivity contribution is 7.89. The topological polar surface area (TPSA) is 88.2 Å². The highest BCUT2D eigenvalue weighted by Gasteiger charge is 2.24. The van der Waals surface area contributed by atoms with Gasteiger partial charge in [-0.05, 0) is 55.3 Å². The number of morpholine rings is 1. The summed E-state index contributed by atoms with van der Waals surface area (Å²) in [5.74, 6) is 0.489. The standard InChI is InChI=1S/C25H35N3O5S/c1-5-28(6-2)34(30,31)22-7-8-24(27-10-13-32-14-11-27)23(18-22)26-25(29)9-12-33-21-16-19(3)15-20(4)17-21/h7-8,15-18H,5-6,9-14H2,1-4H3,(H,26,29). The molecule has 3 rings (SSSR count). The number of ether oxygens (including phenoxy) is 2. The normalized spacial score (nSPS) is 14.3. The van der Waals surface area contributed by atoms with E-state index >= 15 is 0 Å². The largest absolute Gasteiger partial charge is 0.493 e. The summed E-state index contributed by atoms with van der Waals surface area (Å²) in [7, 11) is -3.65. The minimum atomic E-state index is -3.65. The first-order valence-corrected chi connectivity index (χ1v) is 13.2. The second-order valence-corrected chi connectivity index (χ2v) is 10.3. The number of carbonyl (C=O) groups is 1. The van der Waals surface area contributed by atoms with E-state index in [0.717, 1.165) is 22.6 Å². The Bertz CT molecular complexity index is 1070. The van der Waals surface area contributed by atoms with E-state index in [0.29, 0.717) is 45.1 Å². The van der Waals surface area contributed by atoms with Gasteiger partial charge in [-0.2, -0.15) is 4.31 Å². The van der Waals surface area contributed by atoms with Gasteiger partial charge in [0, 0.05) is 26.2 Å². The Labute approximate surface area is 202 Å². The Hall–Kier alpha value is -2.62. The van der Waals surface area contributed by atoms with Crippen molar-refractivity contribution in [1.29, 1.82) is 0 Å². The van der Waals surface area contributed by atoms with E-state index in [-0.39, 0.29) is 23.8 Å². The smallest absolute Gasteiger partial charge is 0.243 e. The Kier molecular flexibility index (Phi) is 8.93. The van der Waals surface area contributed by atoms with Gasteiger partial charge in [0.15, 0.2) is 0 Å². The molecular formula is C25H35N3O5S. The van der Waals surface area contributed by atoms with Crippen molar-refractivity contribution in [3.63, 3.8) is 0 Å². The second-order valence-electron chi connectivity index (χ2n) is 8.34. The van der Waals surface area contributed by atoms with Crippen LogP contribution in [0, 0.1) is 13.8 Å². The molecule has 0 radical (unpaired) electrons. The van der Waals surface area contributed by atoms with E-state index in [4.69, 9.17) is 9.47 Å². The number of carbonyl (C=O) groups excluding carboxylic acids is 1. The van der Waals surface area contributed by atoms with Crippen LogP contribution in [0.15, 0.2) is 41.3 Å². The first-order valence-electron chi connectivity index (χ1n) is 11.7. The average Bonchev–Trinajstić information content (AvgIpc) is 2.79. The van der Waals surface area contributed by atoms with Crippen LogP contribution in [-0.2, 0) is 19.6 Å². The molecule has 1 aliphatic heterocycles. The maximum atomic E-state index is 13.1. The molecule has 0 bridgehead atoms. The number of rotatable bonds is 10. The van der Waals surface area contributed by atoms with Gasteiger partial charge in [-0.15, -0.1) is 0 Å². The first kappa shape index (κ1) is 26.0. The molecule has 2 aromatic rings. The van der Waals surface area contributed by atoms with Gasteiger partial charge in [0.2, 0.25) is 15.9 Å². The number of amides is 1. The van der Waals surface area contributed by atoms with Crippen LogP contribution < -0.4 is 15.0 Å². The number of sulfonamides is 1. The molecule has 0 spiro atoms. The molecule has 0 aromatic heterocycles. The van der Waals surface area contributed by atoms with Crippen molar-refractivity contribution < 1.29 is 22.7 Å². The summed E-state index contributed by atoms with van der Waals surface area (Å²) in [6, 6.07) is 10.9. The SMILES string of the molecule is CCN(CC)S(=O)(=O)c1ccc(N2CCOCC2)c(NC(=O)CCOc2cc(C)cc(C)c2)c1. The number of hydrogen-bond donors (Lipinski definition) is 1. The Morgan fingerprint density at radius 1 is 1.06 bits per heavy atom. The van der Waals surface area contributed by atoms with Crippen LogP contribution in [0.2, 0.25) is 0 Å². The summed E-state index contributed by atoms with van der Waals surface area (Å²) in [4.78, 5) is 15.0. The molecule has 1 saturated heterocycles. The molecule has 2 aromatic carbocycles. The second kappa shape index (κ2) is 11.7. The third-order valence-electron chi connectivity index (χ3n) is 5.73. The Morgan fingerprint density at radius 2 is 1.71 bits per heavy atom. The molecule has 1 fully saturated rings. The third kappa shape index (κ3) is 6.49. The Morgan fingerprint density at radius 3 is 2.32 bits per heavy atom. The molecule has 0 atom stereocenters. The van der Waals surface area contributed by atoms with Crippen molar-refractivity contribution in [2.45, 2.75) is 39.0 Å². The molecule has 0 aliphatic carbocycles. The predicted octanol–water partition coefficient (Wildman–Crippen LogP) is 3.58. The van der Waals surface area contributed by atoms with E-state index in [9.17, 15) is 13.2 Å². The number of aryl methyl sites for hydroxylation is 2. The number of anilines is 2. The fraction of sp³-hybridized carbons (Fsp3) is 0.480. The zero-order valence-electron chi connectivity index (χ0n) is 20.5. The minimum absolute atomic E-state index is 0.141. The lowest BCUT2D eigenvalue weighted by molar-refractivity contribution is -0.116. The van der Waals surface area contributed by atoms with E-state index in [1.807, 2.05) is 39.8 Å². The molecule has 186 valence electrons. The molecule has 0 saturated carbocycles. The van der Waals surface area contributed by atoms with Crippen molar-refractivity contribution in [3.8, 4) is 5.75 Å². The van der Waals surface area contributed by atoms with Gasteiger partial charge in [0.25, 0.3) is 0 Å². The number of nitrogens with one attached hydrogen (secondary N) is 1. The van der Waals surface area contributed by atoms with Crippen LogP contribution in [0.25, 0.3) is 0 Å². The van der Waals surface area contributed by atoms with E-state index in [1.165, 1.54) is 4.31 Å². The lowest BCUT2D eigenvalue weighted by Gasteiger charge is -2.31. The minimum Gasteiger partial charge on any atom is -0.493 e. The number of nitrogens with zero attached hydrogens (tertiary/aromatic N) is 2. The molecule has 1 heterocycles. The highest BCUT2D eigenvalue weighted by atomic mass is 32.2. The maximum absolute atomic E-state index is 13.1. The predicted molar refractivity (Wildman–Crippen MR) is 134 cm³/mol. The van der Waals surface area contributed by atoms with Crippen LogP contribution in [0.5, 0.6) is 5.75 Å². The van der Waals surface area contributed by atoms with Crippen molar-refractivity contribution >= 4 is 27.3 Å². The Balaban J connectivity index is 1.78. The molecule has 1 amide bonds. The van der Waals surface area contributed by atoms with Crippen molar-refractivity contribution in [2.24, 2.45) is 0 Å². The van der Waals surface area contributed by atoms with Gasteiger partial charge < -0.3 is 19.7 Å². The molecule has 1 N–H and O–H groups in total. The number of benzene rings is 2. The van der Waals surface area contributed by atoms with Gasteiger partial charge in [0.1, 0.15) is 5.75 Å². The van der Waals surface area contributed by atoms with Gasteiger partial charge in [-0.1, -0.05) is 19.9 Å². The zero-order valence-corrected chi connectivity index (χ0v) is 21.3. The lowest BCUT2D eigenvalue weighted by atomic mass is 10.1. The lowest BCUT2D eigenvalue weighted by Crippen LogP contribution is -2.37.